The molecule has 0 saturated heterocycles. The molecule has 0 aliphatic rings. The first-order chi connectivity index (χ1) is 9.08. The Morgan fingerprint density at radius 2 is 2.05 bits per heavy atom. The first-order valence-corrected chi connectivity index (χ1v) is 7.39. The molecule has 1 aromatic heterocycles. The van der Waals surface area contributed by atoms with Crippen molar-refractivity contribution in [3.63, 3.8) is 0 Å². The van der Waals surface area contributed by atoms with Crippen molar-refractivity contribution in [1.29, 1.82) is 0 Å². The van der Waals surface area contributed by atoms with E-state index in [9.17, 15) is 0 Å². The van der Waals surface area contributed by atoms with E-state index >= 15 is 0 Å². The minimum absolute atomic E-state index is 0.257. The van der Waals surface area contributed by atoms with Gasteiger partial charge in [-0.05, 0) is 32.5 Å². The fourth-order valence-electron chi connectivity index (χ4n) is 1.92. The van der Waals surface area contributed by atoms with E-state index in [2.05, 4.69) is 28.6 Å². The normalized spacial score (nSPS) is 12.5. The highest BCUT2D eigenvalue weighted by Crippen LogP contribution is 2.37. The van der Waals surface area contributed by atoms with Crippen molar-refractivity contribution in [1.82, 2.24) is 10.3 Å². The lowest BCUT2D eigenvalue weighted by molar-refractivity contribution is 0.664. The van der Waals surface area contributed by atoms with E-state index < -0.39 is 0 Å². The summed E-state index contributed by atoms with van der Waals surface area (Å²) in [5.41, 5.74) is 3.18. The molecule has 0 amide bonds. The molecule has 1 atom stereocenters. The Hall–Kier alpha value is -1.10. The van der Waals surface area contributed by atoms with E-state index in [0.29, 0.717) is 0 Å². The smallest absolute Gasteiger partial charge is 0.183 e. The van der Waals surface area contributed by atoms with Crippen LogP contribution in [-0.2, 0) is 0 Å². The molecule has 5 heteroatoms. The van der Waals surface area contributed by atoms with Crippen LogP contribution in [0.2, 0.25) is 5.02 Å². The van der Waals surface area contributed by atoms with Gasteiger partial charge in [-0.25, -0.2) is 4.98 Å². The van der Waals surface area contributed by atoms with Crippen LogP contribution in [0.5, 0.6) is 0 Å². The van der Waals surface area contributed by atoms with Gasteiger partial charge in [-0.1, -0.05) is 35.1 Å². The Bertz CT molecular complexity index is 580. The molecule has 2 aromatic rings. The van der Waals surface area contributed by atoms with Crippen molar-refractivity contribution in [3.05, 3.63) is 33.7 Å². The predicted molar refractivity (Wildman–Crippen MR) is 84.3 cm³/mol. The third-order valence-electron chi connectivity index (χ3n) is 3.22. The van der Waals surface area contributed by atoms with Crippen molar-refractivity contribution >= 4 is 28.1 Å². The Morgan fingerprint density at radius 3 is 2.68 bits per heavy atom. The van der Waals surface area contributed by atoms with Crippen molar-refractivity contribution in [2.45, 2.75) is 19.9 Å². The maximum Gasteiger partial charge on any atom is 0.183 e. The Balaban J connectivity index is 2.60. The molecule has 1 aromatic carbocycles. The summed E-state index contributed by atoms with van der Waals surface area (Å²) in [6.07, 6.45) is 0. The highest BCUT2D eigenvalue weighted by molar-refractivity contribution is 7.16. The molecule has 0 radical (unpaired) electrons. The van der Waals surface area contributed by atoms with E-state index in [4.69, 9.17) is 11.6 Å². The largest absolute Gasteiger partial charge is 0.365 e. The number of anilines is 1. The number of benzene rings is 1. The van der Waals surface area contributed by atoms with Gasteiger partial charge in [0.25, 0.3) is 0 Å². The Kier molecular flexibility index (Phi) is 4.45. The summed E-state index contributed by atoms with van der Waals surface area (Å²) in [7, 11) is 3.85. The third-order valence-corrected chi connectivity index (χ3v) is 4.88. The summed E-state index contributed by atoms with van der Waals surface area (Å²) >= 11 is 7.89. The molecular weight excluding hydrogens is 278 g/mol. The van der Waals surface area contributed by atoms with E-state index in [0.717, 1.165) is 27.0 Å². The Morgan fingerprint density at radius 1 is 1.32 bits per heavy atom. The van der Waals surface area contributed by atoms with Crippen molar-refractivity contribution in [3.8, 4) is 11.3 Å². The van der Waals surface area contributed by atoms with Gasteiger partial charge in [0.1, 0.15) is 0 Å². The van der Waals surface area contributed by atoms with E-state index in [-0.39, 0.29) is 6.04 Å². The molecule has 19 heavy (non-hydrogen) atoms. The van der Waals surface area contributed by atoms with E-state index in [1.807, 2.05) is 33.2 Å². The fourth-order valence-corrected chi connectivity index (χ4v) is 3.09. The third kappa shape index (κ3) is 2.76. The predicted octanol–water partition coefficient (Wildman–Crippen LogP) is 4.09. The number of nitrogens with zero attached hydrogens (tertiary/aromatic N) is 1. The summed E-state index contributed by atoms with van der Waals surface area (Å²) in [5, 5.41) is 8.09. The van der Waals surface area contributed by atoms with Crippen LogP contribution < -0.4 is 10.6 Å². The number of nitrogens with one attached hydrogen (secondary N) is 2. The first kappa shape index (κ1) is 14.3. The monoisotopic (exact) mass is 295 g/mol. The van der Waals surface area contributed by atoms with E-state index in [1.165, 1.54) is 4.88 Å². The highest BCUT2D eigenvalue weighted by atomic mass is 35.5. The number of hydrogen-bond acceptors (Lipinski definition) is 4. The summed E-state index contributed by atoms with van der Waals surface area (Å²) in [4.78, 5) is 5.90. The second-order valence-corrected chi connectivity index (χ2v) is 5.84. The lowest BCUT2D eigenvalue weighted by atomic mass is 10.0. The average molecular weight is 296 g/mol. The van der Waals surface area contributed by atoms with Crippen LogP contribution in [0.1, 0.15) is 23.4 Å². The molecule has 0 saturated carbocycles. The second-order valence-electron chi connectivity index (χ2n) is 4.40. The molecule has 0 aliphatic heterocycles. The van der Waals surface area contributed by atoms with Gasteiger partial charge in [0.2, 0.25) is 0 Å². The lowest BCUT2D eigenvalue weighted by Crippen LogP contribution is -2.11. The van der Waals surface area contributed by atoms with Gasteiger partial charge in [-0.15, -0.1) is 0 Å². The molecule has 2 N–H and O–H groups in total. The zero-order valence-corrected chi connectivity index (χ0v) is 13.1. The number of aromatic nitrogens is 1. The summed E-state index contributed by atoms with van der Waals surface area (Å²) < 4.78 is 0. The van der Waals surface area contributed by atoms with Crippen LogP contribution in [-0.4, -0.2) is 19.1 Å². The van der Waals surface area contributed by atoms with Gasteiger partial charge in [-0.3, -0.25) is 0 Å². The number of hydrogen-bond donors (Lipinski definition) is 2. The SMILES string of the molecule is CNc1nc(-c2cccc(Cl)c2C)c(C(C)NC)s1. The molecule has 0 bridgehead atoms. The van der Waals surface area contributed by atoms with Gasteiger partial charge in [0.05, 0.1) is 10.6 Å². The van der Waals surface area contributed by atoms with Crippen LogP contribution in [0.25, 0.3) is 11.3 Å². The Labute approximate surface area is 123 Å². The fraction of sp³-hybridized carbons (Fsp3) is 0.357. The van der Waals surface area contributed by atoms with Gasteiger partial charge >= 0.3 is 0 Å². The van der Waals surface area contributed by atoms with Gasteiger partial charge in [0.15, 0.2) is 5.13 Å². The second kappa shape index (κ2) is 5.90. The number of halogens is 1. The zero-order chi connectivity index (χ0) is 14.0. The van der Waals surface area contributed by atoms with Crippen LogP contribution in [0, 0.1) is 6.92 Å². The average Bonchev–Trinajstić information content (AvgIpc) is 2.85. The van der Waals surface area contributed by atoms with Crippen molar-refractivity contribution in [2.75, 3.05) is 19.4 Å². The van der Waals surface area contributed by atoms with Crippen LogP contribution in [0.4, 0.5) is 5.13 Å². The first-order valence-electron chi connectivity index (χ1n) is 6.19. The topological polar surface area (TPSA) is 37.0 Å². The molecule has 1 unspecified atom stereocenters. The summed E-state index contributed by atoms with van der Waals surface area (Å²) in [6.45, 7) is 4.17. The summed E-state index contributed by atoms with van der Waals surface area (Å²) in [6, 6.07) is 6.21. The van der Waals surface area contributed by atoms with Gasteiger partial charge < -0.3 is 10.6 Å². The van der Waals surface area contributed by atoms with Crippen LogP contribution in [0.15, 0.2) is 18.2 Å². The summed E-state index contributed by atoms with van der Waals surface area (Å²) in [5.74, 6) is 0. The molecule has 2 rings (SSSR count). The van der Waals surface area contributed by atoms with E-state index in [1.54, 1.807) is 11.3 Å². The number of rotatable bonds is 4. The lowest BCUT2D eigenvalue weighted by Gasteiger charge is -2.11. The molecule has 1 heterocycles. The molecule has 0 aliphatic carbocycles. The minimum atomic E-state index is 0.257. The molecule has 0 fully saturated rings. The zero-order valence-electron chi connectivity index (χ0n) is 11.5. The molecule has 0 spiro atoms. The quantitative estimate of drug-likeness (QED) is 0.892. The van der Waals surface area contributed by atoms with Crippen molar-refractivity contribution in [2.24, 2.45) is 0 Å². The molecule has 102 valence electrons. The number of thiazole rings is 1. The standard InChI is InChI=1S/C14H18ClN3S/c1-8-10(6-5-7-11(8)15)12-13(9(2)16-3)19-14(17-4)18-12/h5-7,9,16H,1-4H3,(H,17,18). The minimum Gasteiger partial charge on any atom is -0.365 e. The maximum absolute atomic E-state index is 6.21. The maximum atomic E-state index is 6.21. The highest BCUT2D eigenvalue weighted by Gasteiger charge is 2.18. The van der Waals surface area contributed by atoms with Gasteiger partial charge in [-0.2, -0.15) is 0 Å². The molecular formula is C14H18ClN3S. The van der Waals surface area contributed by atoms with Crippen LogP contribution in [0.3, 0.4) is 0 Å². The van der Waals surface area contributed by atoms with Crippen molar-refractivity contribution < 1.29 is 0 Å². The van der Waals surface area contributed by atoms with Crippen LogP contribution >= 0.6 is 22.9 Å². The molecule has 3 nitrogen and oxygen atoms in total. The van der Waals surface area contributed by atoms with Gasteiger partial charge in [0, 0.05) is 23.7 Å².